The summed E-state index contributed by atoms with van der Waals surface area (Å²) in [5, 5.41) is 19.3. The van der Waals surface area contributed by atoms with E-state index in [9.17, 15) is 19.8 Å². The molecule has 0 spiro atoms. The van der Waals surface area contributed by atoms with Crippen LogP contribution < -0.4 is 0 Å². The van der Waals surface area contributed by atoms with Crippen molar-refractivity contribution < 1.29 is 19.8 Å². The maximum absolute atomic E-state index is 12.4. The number of ketones is 1. The number of phenols is 1. The average Bonchev–Trinajstić information content (AvgIpc) is 2.41. The molecule has 1 aromatic rings. The number of aromatic hydroxyl groups is 1. The number of carbonyl (C=O) groups excluding carboxylic acids is 1. The second-order valence-corrected chi connectivity index (χ2v) is 6.90. The summed E-state index contributed by atoms with van der Waals surface area (Å²) in [5.74, 6) is -0.979. The zero-order valence-corrected chi connectivity index (χ0v) is 12.3. The Hall–Kier alpha value is -1.84. The van der Waals surface area contributed by atoms with Gasteiger partial charge in [-0.3, -0.25) is 9.59 Å². The molecule has 1 saturated carbocycles. The minimum atomic E-state index is -0.863. The van der Waals surface area contributed by atoms with Gasteiger partial charge in [0.2, 0.25) is 0 Å². The van der Waals surface area contributed by atoms with Crippen molar-refractivity contribution in [1.82, 2.24) is 0 Å². The Balaban J connectivity index is 2.19. The Bertz CT molecular complexity index is 636. The molecule has 0 heterocycles. The lowest BCUT2D eigenvalue weighted by Crippen LogP contribution is -2.53. The second-order valence-electron chi connectivity index (χ2n) is 6.90. The molecular weight excluding hydrogens is 268 g/mol. The highest BCUT2D eigenvalue weighted by Crippen LogP contribution is 2.57. The molecule has 3 rings (SSSR count). The lowest BCUT2D eigenvalue weighted by atomic mass is 9.49. The normalized spacial score (nSPS) is 35.0. The zero-order chi connectivity index (χ0) is 15.4. The van der Waals surface area contributed by atoms with E-state index < -0.39 is 11.4 Å². The zero-order valence-electron chi connectivity index (χ0n) is 12.3. The Morgan fingerprint density at radius 3 is 2.67 bits per heavy atom. The first-order chi connectivity index (χ1) is 9.79. The van der Waals surface area contributed by atoms with E-state index in [0.717, 1.165) is 18.4 Å². The van der Waals surface area contributed by atoms with Crippen molar-refractivity contribution in [2.24, 2.45) is 11.3 Å². The molecule has 0 radical (unpaired) electrons. The van der Waals surface area contributed by atoms with Gasteiger partial charge in [0.1, 0.15) is 5.75 Å². The van der Waals surface area contributed by atoms with Gasteiger partial charge in [0.05, 0.1) is 5.41 Å². The number of Topliss-reactive ketones (excluding diaryl/α,β-unsaturated/α-hetero) is 1. The first-order valence-corrected chi connectivity index (χ1v) is 7.39. The van der Waals surface area contributed by atoms with E-state index in [1.165, 1.54) is 6.07 Å². The van der Waals surface area contributed by atoms with Gasteiger partial charge in [-0.1, -0.05) is 19.4 Å². The number of fused-ring (bicyclic) bond motifs is 3. The van der Waals surface area contributed by atoms with Gasteiger partial charge in [0.25, 0.3) is 0 Å². The Morgan fingerprint density at radius 2 is 2.00 bits per heavy atom. The number of rotatable bonds is 1. The van der Waals surface area contributed by atoms with Crippen LogP contribution in [0.25, 0.3) is 0 Å². The summed E-state index contributed by atoms with van der Waals surface area (Å²) in [5.41, 5.74) is 0.276. The molecule has 4 heteroatoms. The Labute approximate surface area is 123 Å². The van der Waals surface area contributed by atoms with E-state index in [1.807, 2.05) is 0 Å². The van der Waals surface area contributed by atoms with Crippen LogP contribution in [0.3, 0.4) is 0 Å². The number of hydrogen-bond acceptors (Lipinski definition) is 3. The molecule has 2 N–H and O–H groups in total. The fourth-order valence-corrected chi connectivity index (χ4v) is 4.46. The molecule has 3 atom stereocenters. The third-order valence-electron chi connectivity index (χ3n) is 5.73. The number of carboxylic acids is 1. The largest absolute Gasteiger partial charge is 0.508 e. The summed E-state index contributed by atoms with van der Waals surface area (Å²) in [6.07, 6.45) is 2.58. The Kier molecular flexibility index (Phi) is 2.91. The van der Waals surface area contributed by atoms with E-state index in [-0.39, 0.29) is 29.3 Å². The molecule has 0 saturated heterocycles. The van der Waals surface area contributed by atoms with Gasteiger partial charge < -0.3 is 10.2 Å². The van der Waals surface area contributed by atoms with Crippen molar-refractivity contribution >= 4 is 11.8 Å². The van der Waals surface area contributed by atoms with Gasteiger partial charge in [0.15, 0.2) is 5.78 Å². The van der Waals surface area contributed by atoms with Crippen molar-refractivity contribution in [3.63, 3.8) is 0 Å². The van der Waals surface area contributed by atoms with Crippen LogP contribution in [0.4, 0.5) is 0 Å². The fourth-order valence-electron chi connectivity index (χ4n) is 4.46. The highest BCUT2D eigenvalue weighted by molar-refractivity contribution is 6.00. The predicted molar refractivity (Wildman–Crippen MR) is 77.5 cm³/mol. The summed E-state index contributed by atoms with van der Waals surface area (Å²) in [6.45, 7) is 3.84. The summed E-state index contributed by atoms with van der Waals surface area (Å²) < 4.78 is 0. The SMILES string of the molecule is C[C@@]1(C(=O)O)CCC[C@]2(C)c3ccc(O)cc3C(=O)C[C@@H]12. The van der Waals surface area contributed by atoms with Crippen molar-refractivity contribution in [3.05, 3.63) is 29.3 Å². The van der Waals surface area contributed by atoms with E-state index in [4.69, 9.17) is 0 Å². The predicted octanol–water partition coefficient (Wildman–Crippen LogP) is 3.13. The van der Waals surface area contributed by atoms with Crippen LogP contribution in [0, 0.1) is 11.3 Å². The quantitative estimate of drug-likeness (QED) is 0.832. The summed E-state index contributed by atoms with van der Waals surface area (Å²) >= 11 is 0. The number of aliphatic carboxylic acids is 1. The minimum Gasteiger partial charge on any atom is -0.508 e. The first-order valence-electron chi connectivity index (χ1n) is 7.39. The van der Waals surface area contributed by atoms with Gasteiger partial charge in [-0.25, -0.2) is 0 Å². The van der Waals surface area contributed by atoms with Gasteiger partial charge in [0, 0.05) is 12.0 Å². The first kappa shape index (κ1) is 14.1. The molecular formula is C17H20O4. The molecule has 1 aromatic carbocycles. The van der Waals surface area contributed by atoms with E-state index in [1.54, 1.807) is 19.1 Å². The van der Waals surface area contributed by atoms with Crippen LogP contribution in [0.15, 0.2) is 18.2 Å². The molecule has 21 heavy (non-hydrogen) atoms. The topological polar surface area (TPSA) is 74.6 Å². The van der Waals surface area contributed by atoms with Crippen molar-refractivity contribution in [2.45, 2.75) is 44.9 Å². The van der Waals surface area contributed by atoms with E-state index >= 15 is 0 Å². The highest BCUT2D eigenvalue weighted by atomic mass is 16.4. The number of carboxylic acid groups (broad SMARTS) is 1. The minimum absolute atomic E-state index is 0.0576. The van der Waals surface area contributed by atoms with Crippen molar-refractivity contribution in [3.8, 4) is 5.75 Å². The maximum Gasteiger partial charge on any atom is 0.309 e. The molecule has 0 aliphatic heterocycles. The Morgan fingerprint density at radius 1 is 1.29 bits per heavy atom. The average molecular weight is 288 g/mol. The number of benzene rings is 1. The summed E-state index contributed by atoms with van der Waals surface area (Å²) in [6, 6.07) is 4.90. The molecule has 4 nitrogen and oxygen atoms in total. The monoisotopic (exact) mass is 288 g/mol. The number of phenolic OH excluding ortho intramolecular Hbond substituents is 1. The highest BCUT2D eigenvalue weighted by Gasteiger charge is 2.56. The third-order valence-corrected chi connectivity index (χ3v) is 5.73. The van der Waals surface area contributed by atoms with E-state index in [0.29, 0.717) is 12.0 Å². The molecule has 0 unspecified atom stereocenters. The molecule has 112 valence electrons. The summed E-state index contributed by atoms with van der Waals surface area (Å²) in [4.78, 5) is 24.2. The smallest absolute Gasteiger partial charge is 0.309 e. The second kappa shape index (κ2) is 4.33. The van der Waals surface area contributed by atoms with Gasteiger partial charge in [-0.15, -0.1) is 0 Å². The van der Waals surface area contributed by atoms with Crippen LogP contribution in [-0.4, -0.2) is 22.0 Å². The maximum atomic E-state index is 12.4. The van der Waals surface area contributed by atoms with Crippen molar-refractivity contribution in [1.29, 1.82) is 0 Å². The van der Waals surface area contributed by atoms with Crippen LogP contribution in [0.2, 0.25) is 0 Å². The molecule has 0 bridgehead atoms. The molecule has 2 aliphatic carbocycles. The van der Waals surface area contributed by atoms with Gasteiger partial charge >= 0.3 is 5.97 Å². The molecule has 2 aliphatic rings. The standard InChI is InChI=1S/C17H20O4/c1-16-6-3-7-17(2,15(20)21)14(16)9-13(19)11-8-10(18)4-5-12(11)16/h4-5,8,14,18H,3,6-7,9H2,1-2H3,(H,20,21)/t14-,16-,17-/m1/s1. The van der Waals surface area contributed by atoms with Crippen molar-refractivity contribution in [2.75, 3.05) is 0 Å². The lowest BCUT2D eigenvalue weighted by molar-refractivity contribution is -0.156. The molecule has 0 aromatic heterocycles. The third kappa shape index (κ3) is 1.81. The summed E-state index contributed by atoms with van der Waals surface area (Å²) in [7, 11) is 0. The molecule has 0 amide bonds. The van der Waals surface area contributed by atoms with Crippen LogP contribution in [-0.2, 0) is 10.2 Å². The number of hydrogen-bond donors (Lipinski definition) is 2. The van der Waals surface area contributed by atoms with Gasteiger partial charge in [-0.2, -0.15) is 0 Å². The van der Waals surface area contributed by atoms with Crippen LogP contribution in [0.1, 0.15) is 55.5 Å². The molecule has 1 fully saturated rings. The van der Waals surface area contributed by atoms with Gasteiger partial charge in [-0.05, 0) is 48.8 Å². The lowest BCUT2D eigenvalue weighted by Gasteiger charge is -2.53. The number of carbonyl (C=O) groups is 2. The van der Waals surface area contributed by atoms with Crippen LogP contribution >= 0.6 is 0 Å². The van der Waals surface area contributed by atoms with Crippen LogP contribution in [0.5, 0.6) is 5.75 Å². The fraction of sp³-hybridized carbons (Fsp3) is 0.529. The van der Waals surface area contributed by atoms with E-state index in [2.05, 4.69) is 6.92 Å².